The molecule has 7 nitrogen and oxygen atoms in total. The lowest BCUT2D eigenvalue weighted by Crippen LogP contribution is -2.51. The van der Waals surface area contributed by atoms with Crippen LogP contribution in [-0.2, 0) is 0 Å². The number of aromatic nitrogens is 1. The first kappa shape index (κ1) is 18.2. The Labute approximate surface area is 169 Å². The number of nitrogens with zero attached hydrogens (tertiary/aromatic N) is 5. The molecular weight excluding hydrogens is 372 g/mol. The quantitative estimate of drug-likeness (QED) is 0.620. The van der Waals surface area contributed by atoms with Crippen LogP contribution in [0.5, 0.6) is 5.75 Å². The van der Waals surface area contributed by atoms with E-state index in [1.54, 1.807) is 6.20 Å². The van der Waals surface area contributed by atoms with Crippen LogP contribution in [0.15, 0.2) is 47.7 Å². The molecule has 8 heteroatoms. The summed E-state index contributed by atoms with van der Waals surface area (Å²) in [5.41, 5.74) is 6.47. The van der Waals surface area contributed by atoms with Gasteiger partial charge in [0.2, 0.25) is 0 Å². The highest BCUT2D eigenvalue weighted by atomic mass is 32.1. The topological polar surface area (TPSA) is 76.8 Å². The lowest BCUT2D eigenvalue weighted by atomic mass is 10.1. The Hall–Kier alpha value is -3.18. The average Bonchev–Trinajstić information content (AvgIpc) is 2.77. The summed E-state index contributed by atoms with van der Waals surface area (Å²) in [6, 6.07) is 13.6. The zero-order chi connectivity index (χ0) is 19.3. The summed E-state index contributed by atoms with van der Waals surface area (Å²) >= 11 is 5.53. The van der Waals surface area contributed by atoms with E-state index >= 15 is 0 Å². The van der Waals surface area contributed by atoms with Crippen molar-refractivity contribution in [2.45, 2.75) is 6.42 Å². The van der Waals surface area contributed by atoms with Gasteiger partial charge in [0.25, 0.3) is 0 Å². The molecule has 2 aliphatic heterocycles. The van der Waals surface area contributed by atoms with Crippen LogP contribution in [0.1, 0.15) is 17.7 Å². The molecule has 2 aromatic rings. The Kier molecular flexibility index (Phi) is 5.35. The normalized spacial score (nSPS) is 17.5. The Bertz CT molecular complexity index is 928. The summed E-state index contributed by atoms with van der Waals surface area (Å²) in [7, 11) is 0. The number of fused-ring (bicyclic) bond motifs is 1. The van der Waals surface area contributed by atoms with E-state index in [4.69, 9.17) is 22.2 Å². The maximum absolute atomic E-state index is 8.92. The molecule has 0 bridgehead atoms. The molecule has 1 aromatic carbocycles. The minimum atomic E-state index is 0.592. The summed E-state index contributed by atoms with van der Waals surface area (Å²) in [5.74, 6) is 0.760. The Balaban J connectivity index is 1.34. The van der Waals surface area contributed by atoms with Crippen molar-refractivity contribution in [3.63, 3.8) is 0 Å². The molecule has 142 valence electrons. The first-order valence-corrected chi connectivity index (χ1v) is 9.60. The summed E-state index contributed by atoms with van der Waals surface area (Å²) in [4.78, 5) is 8.79. The van der Waals surface area contributed by atoms with Crippen molar-refractivity contribution in [2.24, 2.45) is 5.10 Å². The van der Waals surface area contributed by atoms with Crippen molar-refractivity contribution in [1.82, 2.24) is 15.3 Å². The highest BCUT2D eigenvalue weighted by Gasteiger charge is 2.21. The highest BCUT2D eigenvalue weighted by molar-refractivity contribution is 7.80. The maximum atomic E-state index is 8.92. The summed E-state index contributed by atoms with van der Waals surface area (Å²) < 4.78 is 5.61. The van der Waals surface area contributed by atoms with E-state index in [1.807, 2.05) is 36.4 Å². The fourth-order valence-electron chi connectivity index (χ4n) is 3.31. The molecule has 0 radical (unpaired) electrons. The van der Waals surface area contributed by atoms with Gasteiger partial charge in [-0.05, 0) is 48.6 Å². The SMILES string of the molecule is N#Cc1ccc(N2CCN(C(=S)N/N=C3/CCOc4cccnc43)CC2)cc1. The number of rotatable bonds is 2. The third kappa shape index (κ3) is 3.89. The molecule has 1 N–H and O–H groups in total. The van der Waals surface area contributed by atoms with Gasteiger partial charge in [-0.3, -0.25) is 10.4 Å². The van der Waals surface area contributed by atoms with Crippen LogP contribution in [-0.4, -0.2) is 53.5 Å². The van der Waals surface area contributed by atoms with Crippen LogP contribution in [0.2, 0.25) is 0 Å². The number of nitriles is 1. The van der Waals surface area contributed by atoms with E-state index in [0.29, 0.717) is 23.7 Å². The zero-order valence-electron chi connectivity index (χ0n) is 15.3. The molecule has 1 saturated heterocycles. The molecule has 4 rings (SSSR count). The Morgan fingerprint density at radius 2 is 1.96 bits per heavy atom. The smallest absolute Gasteiger partial charge is 0.189 e. The number of nitrogens with one attached hydrogen (secondary N) is 1. The van der Waals surface area contributed by atoms with Crippen molar-refractivity contribution in [2.75, 3.05) is 37.7 Å². The first-order chi connectivity index (χ1) is 13.7. The second-order valence-corrected chi connectivity index (χ2v) is 6.94. The first-order valence-electron chi connectivity index (χ1n) is 9.19. The van der Waals surface area contributed by atoms with Gasteiger partial charge in [0.1, 0.15) is 11.4 Å². The number of benzene rings is 1. The predicted octanol–water partition coefficient (Wildman–Crippen LogP) is 2.14. The molecule has 1 aromatic heterocycles. The highest BCUT2D eigenvalue weighted by Crippen LogP contribution is 2.22. The summed E-state index contributed by atoms with van der Waals surface area (Å²) in [5, 5.41) is 14.0. The molecular formula is C20H20N6OS. The minimum absolute atomic E-state index is 0.592. The van der Waals surface area contributed by atoms with E-state index in [9.17, 15) is 0 Å². The van der Waals surface area contributed by atoms with Gasteiger partial charge < -0.3 is 14.5 Å². The molecule has 0 unspecified atom stereocenters. The largest absolute Gasteiger partial charge is 0.491 e. The van der Waals surface area contributed by atoms with E-state index < -0.39 is 0 Å². The standard InChI is InChI=1S/C20H20N6OS/c21-14-15-3-5-16(6-4-15)25-9-11-26(12-10-25)20(28)24-23-17-7-13-27-18-2-1-8-22-19(17)18/h1-6,8H,7,9-13H2,(H,24,28)/b23-17-. The van der Waals surface area contributed by atoms with Gasteiger partial charge in [0.15, 0.2) is 5.11 Å². The molecule has 0 atom stereocenters. The third-order valence-electron chi connectivity index (χ3n) is 4.86. The number of hydrogen-bond donors (Lipinski definition) is 1. The van der Waals surface area contributed by atoms with E-state index in [2.05, 4.69) is 31.4 Å². The monoisotopic (exact) mass is 392 g/mol. The van der Waals surface area contributed by atoms with E-state index in [-0.39, 0.29) is 0 Å². The molecule has 1 fully saturated rings. The van der Waals surface area contributed by atoms with E-state index in [0.717, 1.165) is 49.0 Å². The van der Waals surface area contributed by atoms with E-state index in [1.165, 1.54) is 0 Å². The number of anilines is 1. The molecule has 0 aliphatic carbocycles. The molecule has 0 amide bonds. The van der Waals surface area contributed by atoms with Crippen LogP contribution < -0.4 is 15.1 Å². The van der Waals surface area contributed by atoms with Crippen LogP contribution in [0, 0.1) is 11.3 Å². The van der Waals surface area contributed by atoms with Gasteiger partial charge in [0, 0.05) is 44.5 Å². The Morgan fingerprint density at radius 3 is 2.71 bits per heavy atom. The van der Waals surface area contributed by atoms with Crippen LogP contribution in [0.3, 0.4) is 0 Å². The molecule has 3 heterocycles. The van der Waals surface area contributed by atoms with Gasteiger partial charge in [-0.15, -0.1) is 0 Å². The van der Waals surface area contributed by atoms with Crippen molar-refractivity contribution in [3.8, 4) is 11.8 Å². The van der Waals surface area contributed by atoms with Crippen LogP contribution >= 0.6 is 12.2 Å². The van der Waals surface area contributed by atoms with Crippen molar-refractivity contribution in [3.05, 3.63) is 53.9 Å². The van der Waals surface area contributed by atoms with Gasteiger partial charge in [-0.25, -0.2) is 0 Å². The van der Waals surface area contributed by atoms with Gasteiger partial charge in [-0.1, -0.05) is 0 Å². The summed E-state index contributed by atoms with van der Waals surface area (Å²) in [6.45, 7) is 3.95. The number of pyridine rings is 1. The number of piperazine rings is 1. The van der Waals surface area contributed by atoms with Crippen molar-refractivity contribution >= 4 is 28.7 Å². The fraction of sp³-hybridized carbons (Fsp3) is 0.300. The number of ether oxygens (including phenoxy) is 1. The lowest BCUT2D eigenvalue weighted by molar-refractivity contribution is 0.318. The third-order valence-corrected chi connectivity index (χ3v) is 5.20. The van der Waals surface area contributed by atoms with Crippen molar-refractivity contribution < 1.29 is 4.74 Å². The zero-order valence-corrected chi connectivity index (χ0v) is 16.2. The molecule has 0 spiro atoms. The van der Waals surface area contributed by atoms with Crippen molar-refractivity contribution in [1.29, 1.82) is 5.26 Å². The maximum Gasteiger partial charge on any atom is 0.189 e. The fourth-order valence-corrected chi connectivity index (χ4v) is 3.54. The number of thiocarbonyl (C=S) groups is 1. The second-order valence-electron chi connectivity index (χ2n) is 6.56. The Morgan fingerprint density at radius 1 is 1.18 bits per heavy atom. The van der Waals surface area contributed by atoms with Gasteiger partial charge in [0.05, 0.1) is 24.0 Å². The second kappa shape index (κ2) is 8.23. The number of hydrazone groups is 1. The van der Waals surface area contributed by atoms with Crippen LogP contribution in [0.25, 0.3) is 0 Å². The van der Waals surface area contributed by atoms with Gasteiger partial charge in [-0.2, -0.15) is 10.4 Å². The molecule has 2 aliphatic rings. The predicted molar refractivity (Wildman–Crippen MR) is 112 cm³/mol. The average molecular weight is 392 g/mol. The van der Waals surface area contributed by atoms with Gasteiger partial charge >= 0.3 is 0 Å². The van der Waals surface area contributed by atoms with Crippen LogP contribution in [0.4, 0.5) is 5.69 Å². The minimum Gasteiger partial charge on any atom is -0.491 e. The summed E-state index contributed by atoms with van der Waals surface area (Å²) in [6.07, 6.45) is 2.44. The lowest BCUT2D eigenvalue weighted by Gasteiger charge is -2.37. The molecule has 28 heavy (non-hydrogen) atoms. The molecule has 0 saturated carbocycles. The number of hydrogen-bond acceptors (Lipinski definition) is 6.